The molecule has 70 valence electrons. The summed E-state index contributed by atoms with van der Waals surface area (Å²) in [5.74, 6) is 0. The molecule has 0 aliphatic heterocycles. The Kier molecular flexibility index (Phi) is 3.57. The monoisotopic (exact) mass is 179 g/mol. The zero-order valence-electron chi connectivity index (χ0n) is 7.97. The SMILES string of the molecule is [B]OC(c1ccn(C)c1)C(O)CC. The lowest BCUT2D eigenvalue weighted by Gasteiger charge is -2.19. The first-order valence-electron chi connectivity index (χ1n) is 4.34. The Labute approximate surface area is 79.8 Å². The molecule has 2 atom stereocenters. The Morgan fingerprint density at radius 3 is 2.77 bits per heavy atom. The van der Waals surface area contributed by atoms with Crippen molar-refractivity contribution in [3.63, 3.8) is 0 Å². The van der Waals surface area contributed by atoms with Crippen LogP contribution in [0, 0.1) is 0 Å². The largest absolute Gasteiger partial charge is 0.439 e. The lowest BCUT2D eigenvalue weighted by atomic mass is 10.1. The summed E-state index contributed by atoms with van der Waals surface area (Å²) >= 11 is 0. The van der Waals surface area contributed by atoms with E-state index in [0.29, 0.717) is 6.42 Å². The van der Waals surface area contributed by atoms with Crippen LogP contribution in [0.5, 0.6) is 0 Å². The fourth-order valence-electron chi connectivity index (χ4n) is 1.30. The Morgan fingerprint density at radius 1 is 1.69 bits per heavy atom. The molecule has 0 fully saturated rings. The fraction of sp³-hybridized carbons (Fsp3) is 0.556. The van der Waals surface area contributed by atoms with Crippen LogP contribution in [0.2, 0.25) is 0 Å². The Morgan fingerprint density at radius 2 is 2.38 bits per heavy atom. The summed E-state index contributed by atoms with van der Waals surface area (Å²) in [6, 6.07) is 1.89. The molecule has 1 aromatic rings. The molecule has 4 heteroatoms. The summed E-state index contributed by atoms with van der Waals surface area (Å²) in [5.41, 5.74) is 0.902. The van der Waals surface area contributed by atoms with E-state index in [1.807, 2.05) is 37.0 Å². The summed E-state index contributed by atoms with van der Waals surface area (Å²) in [7, 11) is 7.03. The molecule has 0 aliphatic carbocycles. The molecule has 0 saturated heterocycles. The zero-order valence-corrected chi connectivity index (χ0v) is 7.97. The van der Waals surface area contributed by atoms with E-state index in [4.69, 9.17) is 12.7 Å². The number of hydrogen-bond donors (Lipinski definition) is 1. The predicted octanol–water partition coefficient (Wildman–Crippen LogP) is 0.937. The maximum atomic E-state index is 9.57. The van der Waals surface area contributed by atoms with Crippen molar-refractivity contribution in [2.24, 2.45) is 7.05 Å². The molecule has 0 bridgehead atoms. The minimum absolute atomic E-state index is 0.425. The molecule has 0 aromatic carbocycles. The Balaban J connectivity index is 2.77. The first kappa shape index (κ1) is 10.3. The van der Waals surface area contributed by atoms with Crippen molar-refractivity contribution < 1.29 is 9.76 Å². The average molecular weight is 179 g/mol. The highest BCUT2D eigenvalue weighted by atomic mass is 16.4. The van der Waals surface area contributed by atoms with Crippen LogP contribution in [0.1, 0.15) is 25.0 Å². The van der Waals surface area contributed by atoms with Gasteiger partial charge in [-0.05, 0) is 18.1 Å². The molecule has 0 aliphatic rings. The third-order valence-corrected chi connectivity index (χ3v) is 2.10. The van der Waals surface area contributed by atoms with Gasteiger partial charge in [-0.2, -0.15) is 0 Å². The van der Waals surface area contributed by atoms with Crippen molar-refractivity contribution in [2.75, 3.05) is 0 Å². The number of aliphatic hydroxyl groups excluding tert-OH is 1. The molecule has 0 amide bonds. The zero-order chi connectivity index (χ0) is 9.84. The molecule has 13 heavy (non-hydrogen) atoms. The van der Waals surface area contributed by atoms with Gasteiger partial charge in [0.2, 0.25) is 0 Å². The average Bonchev–Trinajstić information content (AvgIpc) is 2.53. The Hall–Kier alpha value is -0.735. The first-order chi connectivity index (χ1) is 6.19. The minimum atomic E-state index is -0.549. The first-order valence-corrected chi connectivity index (χ1v) is 4.34. The minimum Gasteiger partial charge on any atom is -0.439 e. The van der Waals surface area contributed by atoms with Gasteiger partial charge in [-0.25, -0.2) is 0 Å². The molecule has 2 radical (unpaired) electrons. The lowest BCUT2D eigenvalue weighted by molar-refractivity contribution is 0.0385. The molecule has 1 rings (SSSR count). The van der Waals surface area contributed by atoms with E-state index < -0.39 is 12.2 Å². The van der Waals surface area contributed by atoms with Crippen LogP contribution < -0.4 is 0 Å². The van der Waals surface area contributed by atoms with Crippen molar-refractivity contribution >= 4 is 8.05 Å². The number of nitrogens with zero attached hydrogens (tertiary/aromatic N) is 1. The van der Waals surface area contributed by atoms with Crippen LogP contribution in [0.4, 0.5) is 0 Å². The van der Waals surface area contributed by atoms with Gasteiger partial charge in [0.25, 0.3) is 8.05 Å². The second-order valence-corrected chi connectivity index (χ2v) is 3.14. The van der Waals surface area contributed by atoms with E-state index in [1.54, 1.807) is 0 Å². The molecular weight excluding hydrogens is 165 g/mol. The molecule has 2 unspecified atom stereocenters. The van der Waals surface area contributed by atoms with Crippen LogP contribution in [0.25, 0.3) is 0 Å². The molecule has 3 nitrogen and oxygen atoms in total. The molecular formula is C9H14BNO2. The van der Waals surface area contributed by atoms with Gasteiger partial charge in [0, 0.05) is 19.4 Å². The molecule has 1 aromatic heterocycles. The maximum absolute atomic E-state index is 9.57. The van der Waals surface area contributed by atoms with E-state index in [2.05, 4.69) is 0 Å². The molecule has 0 saturated carbocycles. The number of hydrogen-bond acceptors (Lipinski definition) is 2. The van der Waals surface area contributed by atoms with E-state index in [-0.39, 0.29) is 0 Å². The van der Waals surface area contributed by atoms with Gasteiger partial charge in [0.05, 0.1) is 12.2 Å². The quantitative estimate of drug-likeness (QED) is 0.697. The predicted molar refractivity (Wildman–Crippen MR) is 51.3 cm³/mol. The highest BCUT2D eigenvalue weighted by Gasteiger charge is 2.18. The summed E-state index contributed by atoms with van der Waals surface area (Å²) in [4.78, 5) is 0. The van der Waals surface area contributed by atoms with Crippen LogP contribution in [-0.2, 0) is 11.7 Å². The van der Waals surface area contributed by atoms with Crippen LogP contribution in [-0.4, -0.2) is 23.8 Å². The van der Waals surface area contributed by atoms with Crippen LogP contribution in [0.15, 0.2) is 18.5 Å². The van der Waals surface area contributed by atoms with Gasteiger partial charge >= 0.3 is 0 Å². The fourth-order valence-corrected chi connectivity index (χ4v) is 1.30. The van der Waals surface area contributed by atoms with Crippen LogP contribution >= 0.6 is 0 Å². The Bertz CT molecular complexity index is 262. The summed E-state index contributed by atoms with van der Waals surface area (Å²) in [5, 5.41) is 9.57. The van der Waals surface area contributed by atoms with Crippen molar-refractivity contribution in [1.82, 2.24) is 4.57 Å². The molecule has 0 spiro atoms. The molecule has 1 heterocycles. The van der Waals surface area contributed by atoms with Crippen molar-refractivity contribution in [1.29, 1.82) is 0 Å². The second-order valence-electron chi connectivity index (χ2n) is 3.14. The smallest absolute Gasteiger partial charge is 0.283 e. The normalized spacial score (nSPS) is 15.6. The lowest BCUT2D eigenvalue weighted by Crippen LogP contribution is -2.19. The van der Waals surface area contributed by atoms with Crippen LogP contribution in [0.3, 0.4) is 0 Å². The summed E-state index contributed by atoms with van der Waals surface area (Å²) in [6.07, 6.45) is 3.43. The van der Waals surface area contributed by atoms with Crippen molar-refractivity contribution in [3.05, 3.63) is 24.0 Å². The van der Waals surface area contributed by atoms with E-state index in [0.717, 1.165) is 5.56 Å². The number of aryl methyl sites for hydroxylation is 1. The third-order valence-electron chi connectivity index (χ3n) is 2.10. The number of rotatable bonds is 4. The van der Waals surface area contributed by atoms with E-state index in [1.165, 1.54) is 0 Å². The van der Waals surface area contributed by atoms with Crippen molar-refractivity contribution in [2.45, 2.75) is 25.6 Å². The maximum Gasteiger partial charge on any atom is 0.283 e. The second kappa shape index (κ2) is 4.49. The van der Waals surface area contributed by atoms with Gasteiger partial charge in [-0.15, -0.1) is 0 Å². The number of aliphatic hydroxyl groups is 1. The molecule has 1 N–H and O–H groups in total. The summed E-state index contributed by atoms with van der Waals surface area (Å²) < 4.78 is 6.63. The van der Waals surface area contributed by atoms with Gasteiger partial charge in [0.15, 0.2) is 0 Å². The van der Waals surface area contributed by atoms with E-state index in [9.17, 15) is 5.11 Å². The summed E-state index contributed by atoms with van der Waals surface area (Å²) in [6.45, 7) is 1.89. The van der Waals surface area contributed by atoms with Gasteiger partial charge < -0.3 is 14.3 Å². The van der Waals surface area contributed by atoms with Gasteiger partial charge in [-0.1, -0.05) is 6.92 Å². The van der Waals surface area contributed by atoms with Gasteiger partial charge in [0.1, 0.15) is 0 Å². The van der Waals surface area contributed by atoms with E-state index >= 15 is 0 Å². The topological polar surface area (TPSA) is 34.4 Å². The van der Waals surface area contributed by atoms with Crippen molar-refractivity contribution in [3.8, 4) is 0 Å². The highest BCUT2D eigenvalue weighted by molar-refractivity contribution is 5.98. The standard InChI is InChI=1S/C9H14BNO2/c1-3-8(12)9(13-10)7-4-5-11(2)6-7/h4-6,8-9,12H,3H2,1-2H3. The number of aromatic nitrogens is 1. The highest BCUT2D eigenvalue weighted by Crippen LogP contribution is 2.22. The third kappa shape index (κ3) is 2.35. The van der Waals surface area contributed by atoms with Gasteiger partial charge in [-0.3, -0.25) is 0 Å².